The lowest BCUT2D eigenvalue weighted by atomic mass is 9.97. The molecule has 4 nitrogen and oxygen atoms in total. The van der Waals surface area contributed by atoms with Gasteiger partial charge in [-0.1, -0.05) is 62.7 Å². The van der Waals surface area contributed by atoms with Crippen LogP contribution in [0.5, 0.6) is 0 Å². The predicted octanol–water partition coefficient (Wildman–Crippen LogP) is 3.80. The number of nitrogens with zero attached hydrogens (tertiary/aromatic N) is 1. The Labute approximate surface area is 156 Å². The summed E-state index contributed by atoms with van der Waals surface area (Å²) in [5.74, 6) is -0.227. The van der Waals surface area contributed by atoms with Gasteiger partial charge in [0.2, 0.25) is 5.91 Å². The number of nitrogens with one attached hydrogen (secondary N) is 1. The number of carbonyl (C=O) groups is 2. The van der Waals surface area contributed by atoms with E-state index in [9.17, 15) is 9.59 Å². The molecule has 0 aliphatic rings. The fraction of sp³-hybridized carbons (Fsp3) is 0.364. The van der Waals surface area contributed by atoms with Crippen molar-refractivity contribution in [3.05, 3.63) is 71.3 Å². The van der Waals surface area contributed by atoms with Crippen LogP contribution in [0.1, 0.15) is 41.8 Å². The molecular formula is C22H28N2O2. The lowest BCUT2D eigenvalue weighted by Gasteiger charge is -2.28. The van der Waals surface area contributed by atoms with Gasteiger partial charge in [-0.05, 0) is 36.1 Å². The Morgan fingerprint density at radius 2 is 1.65 bits per heavy atom. The van der Waals surface area contributed by atoms with Crippen LogP contribution in [0.3, 0.4) is 0 Å². The van der Waals surface area contributed by atoms with Crippen LogP contribution >= 0.6 is 0 Å². The summed E-state index contributed by atoms with van der Waals surface area (Å²) in [7, 11) is 1.79. The number of carbonyl (C=O) groups excluding carboxylic acids is 2. The van der Waals surface area contributed by atoms with Gasteiger partial charge in [0.25, 0.3) is 5.91 Å². The van der Waals surface area contributed by atoms with Gasteiger partial charge in [-0.15, -0.1) is 0 Å². The monoisotopic (exact) mass is 352 g/mol. The molecule has 0 bridgehead atoms. The molecule has 2 amide bonds. The van der Waals surface area contributed by atoms with Crippen LogP contribution in [-0.2, 0) is 11.3 Å². The molecule has 0 saturated carbocycles. The Morgan fingerprint density at radius 1 is 1.04 bits per heavy atom. The van der Waals surface area contributed by atoms with E-state index in [2.05, 4.69) is 5.32 Å². The molecule has 0 heterocycles. The summed E-state index contributed by atoms with van der Waals surface area (Å²) in [5, 5.41) is 2.93. The number of amides is 2. The molecule has 0 spiro atoms. The second kappa shape index (κ2) is 9.18. The molecule has 0 radical (unpaired) electrons. The van der Waals surface area contributed by atoms with Gasteiger partial charge in [-0.2, -0.15) is 0 Å². The van der Waals surface area contributed by atoms with Gasteiger partial charge in [0.1, 0.15) is 6.04 Å². The standard InChI is InChI=1S/C22H28N2O2/c1-5-16(2)20(23-21(25)18-12-7-6-8-13-18)22(26)24(4)15-19-14-10-9-11-17(19)3/h6-14,16,20H,5,15H2,1-4H3,(H,23,25)/t16-,20-/m0/s1. The van der Waals surface area contributed by atoms with Crippen LogP contribution in [0.2, 0.25) is 0 Å². The molecule has 0 unspecified atom stereocenters. The molecule has 2 aromatic carbocycles. The van der Waals surface area contributed by atoms with E-state index >= 15 is 0 Å². The minimum atomic E-state index is -0.540. The van der Waals surface area contributed by atoms with Crippen LogP contribution in [0, 0.1) is 12.8 Å². The normalized spacial score (nSPS) is 12.9. The number of benzene rings is 2. The smallest absolute Gasteiger partial charge is 0.251 e. The largest absolute Gasteiger partial charge is 0.340 e. The van der Waals surface area contributed by atoms with Gasteiger partial charge < -0.3 is 10.2 Å². The molecule has 2 rings (SSSR count). The summed E-state index contributed by atoms with van der Waals surface area (Å²) < 4.78 is 0. The quantitative estimate of drug-likeness (QED) is 0.824. The molecule has 0 aliphatic heterocycles. The third-order valence-corrected chi connectivity index (χ3v) is 4.85. The zero-order valence-electron chi connectivity index (χ0n) is 16.0. The zero-order chi connectivity index (χ0) is 19.1. The maximum absolute atomic E-state index is 13.0. The molecule has 0 fully saturated rings. The van der Waals surface area contributed by atoms with Crippen LogP contribution in [0.25, 0.3) is 0 Å². The van der Waals surface area contributed by atoms with Crippen molar-refractivity contribution in [3.63, 3.8) is 0 Å². The van der Waals surface area contributed by atoms with Crippen molar-refractivity contribution in [1.82, 2.24) is 10.2 Å². The van der Waals surface area contributed by atoms with Gasteiger partial charge in [0, 0.05) is 19.2 Å². The zero-order valence-corrected chi connectivity index (χ0v) is 16.0. The molecule has 26 heavy (non-hydrogen) atoms. The Morgan fingerprint density at radius 3 is 2.27 bits per heavy atom. The van der Waals surface area contributed by atoms with E-state index in [1.165, 1.54) is 0 Å². The Balaban J connectivity index is 2.13. The van der Waals surface area contributed by atoms with Crippen molar-refractivity contribution in [2.45, 2.75) is 39.8 Å². The van der Waals surface area contributed by atoms with Gasteiger partial charge >= 0.3 is 0 Å². The van der Waals surface area contributed by atoms with Crippen LogP contribution in [0.15, 0.2) is 54.6 Å². The number of likely N-dealkylation sites (N-methyl/N-ethyl adjacent to an activating group) is 1. The molecule has 0 saturated heterocycles. The van der Waals surface area contributed by atoms with Crippen molar-refractivity contribution in [2.24, 2.45) is 5.92 Å². The fourth-order valence-corrected chi connectivity index (χ4v) is 2.86. The number of hydrogen-bond donors (Lipinski definition) is 1. The third-order valence-electron chi connectivity index (χ3n) is 4.85. The third kappa shape index (κ3) is 4.94. The average Bonchev–Trinajstić information content (AvgIpc) is 2.67. The average molecular weight is 352 g/mol. The lowest BCUT2D eigenvalue weighted by molar-refractivity contribution is -0.133. The first-order chi connectivity index (χ1) is 12.4. The number of aryl methyl sites for hydroxylation is 1. The summed E-state index contributed by atoms with van der Waals surface area (Å²) in [5.41, 5.74) is 2.83. The summed E-state index contributed by atoms with van der Waals surface area (Å²) in [6.07, 6.45) is 0.809. The topological polar surface area (TPSA) is 49.4 Å². The first kappa shape index (κ1) is 19.7. The van der Waals surface area contributed by atoms with Crippen molar-refractivity contribution in [2.75, 3.05) is 7.05 Å². The molecule has 138 valence electrons. The number of hydrogen-bond acceptors (Lipinski definition) is 2. The van der Waals surface area contributed by atoms with E-state index in [-0.39, 0.29) is 17.7 Å². The minimum Gasteiger partial charge on any atom is -0.340 e. The first-order valence-electron chi connectivity index (χ1n) is 9.09. The minimum absolute atomic E-state index is 0.0504. The second-order valence-electron chi connectivity index (χ2n) is 6.82. The molecule has 1 N–H and O–H groups in total. The van der Waals surface area contributed by atoms with Crippen LogP contribution in [0.4, 0.5) is 0 Å². The van der Waals surface area contributed by atoms with E-state index in [4.69, 9.17) is 0 Å². The molecule has 2 atom stereocenters. The van der Waals surface area contributed by atoms with Gasteiger partial charge in [-0.25, -0.2) is 0 Å². The molecular weight excluding hydrogens is 324 g/mol. The maximum atomic E-state index is 13.0. The predicted molar refractivity (Wildman–Crippen MR) is 105 cm³/mol. The summed E-state index contributed by atoms with van der Waals surface area (Å²) in [6.45, 7) is 6.59. The van der Waals surface area contributed by atoms with Gasteiger partial charge in [0.15, 0.2) is 0 Å². The number of rotatable bonds is 7. The molecule has 0 aromatic heterocycles. The van der Waals surface area contributed by atoms with Crippen molar-refractivity contribution < 1.29 is 9.59 Å². The Bertz CT molecular complexity index is 743. The highest BCUT2D eigenvalue weighted by molar-refractivity contribution is 5.97. The molecule has 0 aliphatic carbocycles. The van der Waals surface area contributed by atoms with Gasteiger partial charge in [-0.3, -0.25) is 9.59 Å². The van der Waals surface area contributed by atoms with E-state index in [1.54, 1.807) is 24.1 Å². The van der Waals surface area contributed by atoms with Crippen LogP contribution in [-0.4, -0.2) is 29.8 Å². The summed E-state index contributed by atoms with van der Waals surface area (Å²) >= 11 is 0. The molecule has 4 heteroatoms. The van der Waals surface area contributed by atoms with Crippen molar-refractivity contribution in [1.29, 1.82) is 0 Å². The Kier molecular flexibility index (Phi) is 6.96. The lowest BCUT2D eigenvalue weighted by Crippen LogP contribution is -2.50. The van der Waals surface area contributed by atoms with E-state index in [0.29, 0.717) is 12.1 Å². The Hall–Kier alpha value is -2.62. The highest BCUT2D eigenvalue weighted by atomic mass is 16.2. The summed E-state index contributed by atoms with van der Waals surface area (Å²) in [6, 6.07) is 16.5. The fourth-order valence-electron chi connectivity index (χ4n) is 2.86. The second-order valence-corrected chi connectivity index (χ2v) is 6.82. The van der Waals surface area contributed by atoms with E-state index in [1.807, 2.05) is 63.2 Å². The first-order valence-corrected chi connectivity index (χ1v) is 9.09. The van der Waals surface area contributed by atoms with Crippen molar-refractivity contribution >= 4 is 11.8 Å². The molecule has 2 aromatic rings. The highest BCUT2D eigenvalue weighted by Crippen LogP contribution is 2.15. The van der Waals surface area contributed by atoms with Crippen LogP contribution < -0.4 is 5.32 Å². The van der Waals surface area contributed by atoms with Crippen molar-refractivity contribution in [3.8, 4) is 0 Å². The summed E-state index contributed by atoms with van der Waals surface area (Å²) in [4.78, 5) is 27.3. The maximum Gasteiger partial charge on any atom is 0.251 e. The van der Waals surface area contributed by atoms with Gasteiger partial charge in [0.05, 0.1) is 0 Å². The van der Waals surface area contributed by atoms with E-state index < -0.39 is 6.04 Å². The highest BCUT2D eigenvalue weighted by Gasteiger charge is 2.28. The SMILES string of the molecule is CC[C@H](C)[C@H](NC(=O)c1ccccc1)C(=O)N(C)Cc1ccccc1C. The van der Waals surface area contributed by atoms with E-state index in [0.717, 1.165) is 17.5 Å².